The number of fused-ring (bicyclic) bond motifs is 1. The minimum Gasteiger partial charge on any atom is -0.442 e. The third-order valence-corrected chi connectivity index (χ3v) is 5.79. The van der Waals surface area contributed by atoms with E-state index < -0.39 is 0 Å². The van der Waals surface area contributed by atoms with Crippen molar-refractivity contribution >= 4 is 6.09 Å². The number of carbonyl (C=O) groups excluding carboxylic acids is 1. The number of aryl methyl sites for hydroxylation is 1. The molecule has 0 bridgehead atoms. The van der Waals surface area contributed by atoms with Gasteiger partial charge in [0.25, 0.3) is 0 Å². The van der Waals surface area contributed by atoms with Gasteiger partial charge in [-0.15, -0.1) is 0 Å². The molecule has 2 aliphatic rings. The van der Waals surface area contributed by atoms with Crippen LogP contribution < -0.4 is 0 Å². The van der Waals surface area contributed by atoms with Crippen molar-refractivity contribution in [2.75, 3.05) is 19.6 Å². The molecule has 2 unspecified atom stereocenters. The van der Waals surface area contributed by atoms with Gasteiger partial charge in [0.05, 0.1) is 12.2 Å². The predicted molar refractivity (Wildman–Crippen MR) is 103 cm³/mol. The van der Waals surface area contributed by atoms with Gasteiger partial charge in [0.2, 0.25) is 0 Å². The fraction of sp³-hybridized carbons (Fsp3) is 0.524. The van der Waals surface area contributed by atoms with Gasteiger partial charge in [0, 0.05) is 44.0 Å². The first-order chi connectivity index (χ1) is 13.5. The second kappa shape index (κ2) is 7.91. The summed E-state index contributed by atoms with van der Waals surface area (Å²) in [6.45, 7) is 8.17. The molecule has 3 heterocycles. The van der Waals surface area contributed by atoms with E-state index in [0.717, 1.165) is 38.2 Å². The summed E-state index contributed by atoms with van der Waals surface area (Å²) in [4.78, 5) is 16.4. The molecule has 7 heteroatoms. The number of hydrogen-bond acceptors (Lipinski definition) is 4. The fourth-order valence-corrected chi connectivity index (χ4v) is 4.19. The normalized spacial score (nSPS) is 22.0. The van der Waals surface area contributed by atoms with Gasteiger partial charge in [0.1, 0.15) is 11.9 Å². The average Bonchev–Trinajstić information content (AvgIpc) is 3.30. The Bertz CT molecular complexity index is 835. The maximum atomic E-state index is 13.1. The summed E-state index contributed by atoms with van der Waals surface area (Å²) in [7, 11) is 0. The molecule has 4 rings (SSSR count). The van der Waals surface area contributed by atoms with Gasteiger partial charge >= 0.3 is 6.09 Å². The molecule has 0 N–H and O–H groups in total. The topological polar surface area (TPSA) is 50.6 Å². The van der Waals surface area contributed by atoms with E-state index in [-0.39, 0.29) is 24.1 Å². The number of nitrogens with zero attached hydrogens (tertiary/aromatic N) is 4. The Morgan fingerprint density at radius 1 is 1.21 bits per heavy atom. The lowest BCUT2D eigenvalue weighted by Crippen LogP contribution is -2.39. The van der Waals surface area contributed by atoms with E-state index in [9.17, 15) is 9.18 Å². The molecule has 1 amide bonds. The number of amides is 1. The first kappa shape index (κ1) is 18.9. The third kappa shape index (κ3) is 3.76. The maximum Gasteiger partial charge on any atom is 0.410 e. The highest BCUT2D eigenvalue weighted by molar-refractivity contribution is 5.71. The van der Waals surface area contributed by atoms with Crippen molar-refractivity contribution in [3.05, 3.63) is 53.1 Å². The number of carbonyl (C=O) groups is 1. The largest absolute Gasteiger partial charge is 0.442 e. The molecule has 0 radical (unpaired) electrons. The number of likely N-dealkylation sites (tertiary alicyclic amines) is 1. The SMILES string of the molecule is CCCn1ncc(CN2CC3OC(=O)N(CCc4ccc(F)cc4)C3C2)c1C. The molecule has 2 fully saturated rings. The van der Waals surface area contributed by atoms with Crippen molar-refractivity contribution in [1.82, 2.24) is 19.6 Å². The van der Waals surface area contributed by atoms with Crippen LogP contribution in [0.5, 0.6) is 0 Å². The standard InChI is InChI=1S/C21H27FN4O2/c1-3-9-26-15(2)17(11-23-26)12-24-13-19-20(14-24)28-21(27)25(19)10-8-16-4-6-18(22)7-5-16/h4-7,11,19-20H,3,8-10,12-14H2,1-2H3. The van der Waals surface area contributed by atoms with Gasteiger partial charge < -0.3 is 4.74 Å². The van der Waals surface area contributed by atoms with Crippen molar-refractivity contribution in [1.29, 1.82) is 0 Å². The highest BCUT2D eigenvalue weighted by Crippen LogP contribution is 2.28. The molecule has 2 aliphatic heterocycles. The molecule has 28 heavy (non-hydrogen) atoms. The summed E-state index contributed by atoms with van der Waals surface area (Å²) < 4.78 is 20.7. The third-order valence-electron chi connectivity index (χ3n) is 5.79. The van der Waals surface area contributed by atoms with Crippen LogP contribution in [0.3, 0.4) is 0 Å². The highest BCUT2D eigenvalue weighted by Gasteiger charge is 2.47. The Morgan fingerprint density at radius 3 is 2.75 bits per heavy atom. The van der Waals surface area contributed by atoms with Gasteiger partial charge in [-0.1, -0.05) is 19.1 Å². The second-order valence-corrected chi connectivity index (χ2v) is 7.73. The van der Waals surface area contributed by atoms with Gasteiger partial charge in [-0.3, -0.25) is 14.5 Å². The number of halogens is 1. The lowest BCUT2D eigenvalue weighted by atomic mass is 10.1. The van der Waals surface area contributed by atoms with Crippen LogP contribution in [0.2, 0.25) is 0 Å². The van der Waals surface area contributed by atoms with Crippen LogP contribution in [0, 0.1) is 12.7 Å². The minimum atomic E-state index is -0.242. The zero-order valence-corrected chi connectivity index (χ0v) is 16.5. The summed E-state index contributed by atoms with van der Waals surface area (Å²) in [6, 6.07) is 6.54. The maximum absolute atomic E-state index is 13.1. The molecule has 6 nitrogen and oxygen atoms in total. The number of ether oxygens (including phenoxy) is 1. The highest BCUT2D eigenvalue weighted by atomic mass is 19.1. The van der Waals surface area contributed by atoms with E-state index in [2.05, 4.69) is 28.5 Å². The molecule has 2 atom stereocenters. The summed E-state index contributed by atoms with van der Waals surface area (Å²) in [5.74, 6) is -0.242. The zero-order chi connectivity index (χ0) is 19.7. The van der Waals surface area contributed by atoms with E-state index in [1.807, 2.05) is 11.1 Å². The molecule has 2 saturated heterocycles. The monoisotopic (exact) mass is 386 g/mol. The molecular formula is C21H27FN4O2. The van der Waals surface area contributed by atoms with Crippen LogP contribution in [0.1, 0.15) is 30.2 Å². The summed E-state index contributed by atoms with van der Waals surface area (Å²) in [5, 5.41) is 4.48. The van der Waals surface area contributed by atoms with Gasteiger partial charge in [-0.05, 0) is 37.5 Å². The van der Waals surface area contributed by atoms with Crippen molar-refractivity contribution in [2.45, 2.75) is 51.9 Å². The first-order valence-corrected chi connectivity index (χ1v) is 10.0. The van der Waals surface area contributed by atoms with E-state index in [1.54, 1.807) is 12.1 Å². The smallest absolute Gasteiger partial charge is 0.410 e. The van der Waals surface area contributed by atoms with Crippen LogP contribution in [0.25, 0.3) is 0 Å². The van der Waals surface area contributed by atoms with Crippen molar-refractivity contribution in [3.63, 3.8) is 0 Å². The van der Waals surface area contributed by atoms with E-state index >= 15 is 0 Å². The van der Waals surface area contributed by atoms with E-state index in [0.29, 0.717) is 13.0 Å². The zero-order valence-electron chi connectivity index (χ0n) is 16.5. The van der Waals surface area contributed by atoms with Crippen molar-refractivity contribution in [3.8, 4) is 0 Å². The summed E-state index contributed by atoms with van der Waals surface area (Å²) in [6.07, 6.45) is 3.41. The Morgan fingerprint density at radius 2 is 2.00 bits per heavy atom. The Balaban J connectivity index is 1.36. The minimum absolute atomic E-state index is 0.0771. The number of rotatable bonds is 7. The van der Waals surface area contributed by atoms with Crippen LogP contribution in [0.4, 0.5) is 9.18 Å². The van der Waals surface area contributed by atoms with Crippen LogP contribution in [-0.4, -0.2) is 57.5 Å². The van der Waals surface area contributed by atoms with Gasteiger partial charge in [0.15, 0.2) is 0 Å². The number of hydrogen-bond donors (Lipinski definition) is 0. The van der Waals surface area contributed by atoms with E-state index in [4.69, 9.17) is 4.74 Å². The van der Waals surface area contributed by atoms with Gasteiger partial charge in [-0.2, -0.15) is 5.10 Å². The number of aromatic nitrogens is 2. The quantitative estimate of drug-likeness (QED) is 0.734. The lowest BCUT2D eigenvalue weighted by Gasteiger charge is -2.22. The number of benzene rings is 1. The van der Waals surface area contributed by atoms with Crippen LogP contribution >= 0.6 is 0 Å². The predicted octanol–water partition coefficient (Wildman–Crippen LogP) is 2.99. The average molecular weight is 386 g/mol. The molecular weight excluding hydrogens is 359 g/mol. The van der Waals surface area contributed by atoms with Crippen LogP contribution in [-0.2, 0) is 24.2 Å². The summed E-state index contributed by atoms with van der Waals surface area (Å²) >= 11 is 0. The Labute approximate surface area is 164 Å². The lowest BCUT2D eigenvalue weighted by molar-refractivity contribution is 0.120. The van der Waals surface area contributed by atoms with Gasteiger partial charge in [-0.25, -0.2) is 9.18 Å². The molecule has 1 aromatic carbocycles. The molecule has 2 aromatic rings. The molecule has 0 spiro atoms. The van der Waals surface area contributed by atoms with E-state index in [1.165, 1.54) is 23.4 Å². The van der Waals surface area contributed by atoms with Crippen molar-refractivity contribution in [2.24, 2.45) is 0 Å². The second-order valence-electron chi connectivity index (χ2n) is 7.73. The van der Waals surface area contributed by atoms with Crippen LogP contribution in [0.15, 0.2) is 30.5 Å². The molecule has 1 aromatic heterocycles. The summed E-state index contributed by atoms with van der Waals surface area (Å²) in [5.41, 5.74) is 3.47. The Hall–Kier alpha value is -2.41. The molecule has 0 saturated carbocycles. The fourth-order valence-electron chi connectivity index (χ4n) is 4.19. The molecule has 0 aliphatic carbocycles. The first-order valence-electron chi connectivity index (χ1n) is 10.0. The Kier molecular flexibility index (Phi) is 5.35. The molecule has 150 valence electrons. The van der Waals surface area contributed by atoms with Crippen molar-refractivity contribution < 1.29 is 13.9 Å².